The molecule has 0 nitrogen and oxygen atoms in total. The van der Waals surface area contributed by atoms with Crippen LogP contribution in [0.5, 0.6) is 0 Å². The Kier molecular flexibility index (Phi) is 7.38. The highest BCUT2D eigenvalue weighted by Gasteiger charge is 2.36. The third-order valence-corrected chi connectivity index (χ3v) is 13.2. The summed E-state index contributed by atoms with van der Waals surface area (Å²) in [6, 6.07) is 77.1. The molecule has 11 aromatic rings. The van der Waals surface area contributed by atoms with E-state index in [1.807, 2.05) is 0 Å². The molecule has 12 rings (SSSR count). The van der Waals surface area contributed by atoms with Gasteiger partial charge in [-0.1, -0.05) is 178 Å². The molecular formula is C59H40. The van der Waals surface area contributed by atoms with Crippen molar-refractivity contribution in [3.63, 3.8) is 0 Å². The minimum Gasteiger partial charge on any atom is -0.0622 e. The van der Waals surface area contributed by atoms with Crippen LogP contribution in [-0.4, -0.2) is 0 Å². The first kappa shape index (κ1) is 33.8. The van der Waals surface area contributed by atoms with E-state index < -0.39 is 0 Å². The lowest BCUT2D eigenvalue weighted by molar-refractivity contribution is 0.661. The topological polar surface area (TPSA) is 0 Å². The molecule has 0 saturated heterocycles. The van der Waals surface area contributed by atoms with Crippen molar-refractivity contribution in [1.82, 2.24) is 0 Å². The van der Waals surface area contributed by atoms with E-state index >= 15 is 0 Å². The number of rotatable bonds is 4. The molecular weight excluding hydrogens is 709 g/mol. The van der Waals surface area contributed by atoms with Gasteiger partial charge in [0.1, 0.15) is 0 Å². The summed E-state index contributed by atoms with van der Waals surface area (Å²) in [4.78, 5) is 0. The van der Waals surface area contributed by atoms with Gasteiger partial charge in [0.05, 0.1) is 0 Å². The van der Waals surface area contributed by atoms with Crippen LogP contribution in [0, 0.1) is 0 Å². The maximum atomic E-state index is 2.47. The fourth-order valence-electron chi connectivity index (χ4n) is 10.1. The summed E-state index contributed by atoms with van der Waals surface area (Å²) in [6.45, 7) is 4.79. The summed E-state index contributed by atoms with van der Waals surface area (Å²) in [5, 5.41) is 12.8. The van der Waals surface area contributed by atoms with Gasteiger partial charge in [0.25, 0.3) is 0 Å². The Morgan fingerprint density at radius 2 is 0.746 bits per heavy atom. The Balaban J connectivity index is 1.03. The van der Waals surface area contributed by atoms with Gasteiger partial charge in [0.15, 0.2) is 0 Å². The predicted molar refractivity (Wildman–Crippen MR) is 253 cm³/mol. The molecule has 0 N–H and O–H groups in total. The zero-order chi connectivity index (χ0) is 39.2. The monoisotopic (exact) mass is 748 g/mol. The van der Waals surface area contributed by atoms with Crippen molar-refractivity contribution >= 4 is 53.9 Å². The van der Waals surface area contributed by atoms with Crippen LogP contribution in [0.1, 0.15) is 25.0 Å². The summed E-state index contributed by atoms with van der Waals surface area (Å²) < 4.78 is 0. The molecule has 0 bridgehead atoms. The highest BCUT2D eigenvalue weighted by Crippen LogP contribution is 2.51. The lowest BCUT2D eigenvalue weighted by Crippen LogP contribution is -2.15. The van der Waals surface area contributed by atoms with Crippen molar-refractivity contribution < 1.29 is 0 Å². The summed E-state index contributed by atoms with van der Waals surface area (Å²) in [5.41, 5.74) is 15.2. The Morgan fingerprint density at radius 3 is 1.49 bits per heavy atom. The SMILES string of the molecule is CC1(C)c2cc(-c3cc(-c4ccccc4)cc(-c4cc5ccc6ccc7ccccc7c6c5c5ccccc45)c3)ccc2-c2ccc(-c3ccc4ccccc4c3)cc21. The molecule has 0 heteroatoms. The fourth-order valence-corrected chi connectivity index (χ4v) is 10.1. The van der Waals surface area contributed by atoms with Crippen molar-refractivity contribution in [3.05, 3.63) is 217 Å². The number of hydrogen-bond donors (Lipinski definition) is 0. The number of hydrogen-bond acceptors (Lipinski definition) is 0. The molecule has 11 aromatic carbocycles. The molecule has 1 aliphatic rings. The Bertz CT molecular complexity index is 3510. The van der Waals surface area contributed by atoms with Gasteiger partial charge in [0.2, 0.25) is 0 Å². The van der Waals surface area contributed by atoms with Crippen molar-refractivity contribution in [1.29, 1.82) is 0 Å². The van der Waals surface area contributed by atoms with Crippen LogP contribution in [0.2, 0.25) is 0 Å². The Hall–Kier alpha value is -7.28. The van der Waals surface area contributed by atoms with E-state index in [-0.39, 0.29) is 5.41 Å². The van der Waals surface area contributed by atoms with Crippen molar-refractivity contribution in [2.75, 3.05) is 0 Å². The average Bonchev–Trinajstić information content (AvgIpc) is 3.52. The molecule has 0 unspecified atom stereocenters. The minimum absolute atomic E-state index is 0.158. The normalized spacial score (nSPS) is 13.1. The lowest BCUT2D eigenvalue weighted by atomic mass is 9.80. The second-order valence-corrected chi connectivity index (χ2v) is 16.9. The maximum absolute atomic E-state index is 2.47. The first-order valence-electron chi connectivity index (χ1n) is 20.7. The minimum atomic E-state index is -0.158. The Labute approximate surface area is 344 Å². The number of benzene rings is 11. The summed E-state index contributed by atoms with van der Waals surface area (Å²) in [5.74, 6) is 0. The van der Waals surface area contributed by atoms with Gasteiger partial charge in [-0.3, -0.25) is 0 Å². The van der Waals surface area contributed by atoms with Gasteiger partial charge in [-0.05, 0) is 163 Å². The summed E-state index contributed by atoms with van der Waals surface area (Å²) in [6.07, 6.45) is 0. The highest BCUT2D eigenvalue weighted by atomic mass is 14.4. The van der Waals surface area contributed by atoms with Gasteiger partial charge in [-0.25, -0.2) is 0 Å². The zero-order valence-electron chi connectivity index (χ0n) is 33.1. The van der Waals surface area contributed by atoms with Gasteiger partial charge in [0, 0.05) is 5.41 Å². The standard InChI is InChI=1S/C59H40/c1-59(2)55-35-43(42-24-20-38-14-6-7-16-41(38)30-42)26-28-51(55)52-29-27-44(36-56(52)59)47-31-46(37-12-4-3-5-13-37)32-48(33-47)54-34-45-25-23-40-22-21-39-15-8-9-17-49(39)57(40)58(45)53-19-11-10-18-50(53)54/h3-36H,1-2H3. The van der Waals surface area contributed by atoms with Gasteiger partial charge in [-0.2, -0.15) is 0 Å². The Morgan fingerprint density at radius 1 is 0.254 bits per heavy atom. The third kappa shape index (κ3) is 5.30. The second kappa shape index (κ2) is 12.9. The summed E-state index contributed by atoms with van der Waals surface area (Å²) in [7, 11) is 0. The van der Waals surface area contributed by atoms with Crippen LogP contribution in [-0.2, 0) is 5.41 Å². The van der Waals surface area contributed by atoms with Crippen LogP contribution >= 0.6 is 0 Å². The first-order chi connectivity index (χ1) is 29.0. The van der Waals surface area contributed by atoms with Crippen molar-refractivity contribution in [2.45, 2.75) is 19.3 Å². The molecule has 0 aromatic heterocycles. The van der Waals surface area contributed by atoms with E-state index in [2.05, 4.69) is 220 Å². The molecule has 0 aliphatic heterocycles. The first-order valence-corrected chi connectivity index (χ1v) is 20.7. The summed E-state index contributed by atoms with van der Waals surface area (Å²) >= 11 is 0. The molecule has 1 aliphatic carbocycles. The molecule has 0 fully saturated rings. The van der Waals surface area contributed by atoms with E-state index in [4.69, 9.17) is 0 Å². The third-order valence-electron chi connectivity index (χ3n) is 13.2. The van der Waals surface area contributed by atoms with Crippen LogP contribution in [0.3, 0.4) is 0 Å². The van der Waals surface area contributed by atoms with Crippen molar-refractivity contribution in [3.8, 4) is 55.6 Å². The van der Waals surface area contributed by atoms with Crippen molar-refractivity contribution in [2.24, 2.45) is 0 Å². The zero-order valence-corrected chi connectivity index (χ0v) is 33.1. The van der Waals surface area contributed by atoms with E-state index in [0.717, 1.165) is 0 Å². The lowest BCUT2D eigenvalue weighted by Gasteiger charge is -2.23. The van der Waals surface area contributed by atoms with Gasteiger partial charge < -0.3 is 0 Å². The molecule has 0 heterocycles. The maximum Gasteiger partial charge on any atom is 0.0159 e. The molecule has 0 atom stereocenters. The van der Waals surface area contributed by atoms with E-state index in [1.54, 1.807) is 0 Å². The largest absolute Gasteiger partial charge is 0.0622 e. The molecule has 0 amide bonds. The van der Waals surface area contributed by atoms with Crippen LogP contribution in [0.15, 0.2) is 206 Å². The predicted octanol–water partition coefficient (Wildman–Crippen LogP) is 16.4. The van der Waals surface area contributed by atoms with E-state index in [9.17, 15) is 0 Å². The van der Waals surface area contributed by atoms with Crippen LogP contribution in [0.25, 0.3) is 109 Å². The highest BCUT2D eigenvalue weighted by molar-refractivity contribution is 6.29. The van der Waals surface area contributed by atoms with Gasteiger partial charge >= 0.3 is 0 Å². The molecule has 0 saturated carbocycles. The van der Waals surface area contributed by atoms with Crippen LogP contribution in [0.4, 0.5) is 0 Å². The van der Waals surface area contributed by atoms with E-state index in [0.29, 0.717) is 0 Å². The smallest absolute Gasteiger partial charge is 0.0159 e. The van der Waals surface area contributed by atoms with Crippen LogP contribution < -0.4 is 0 Å². The molecule has 0 spiro atoms. The average molecular weight is 749 g/mol. The fraction of sp³-hybridized carbons (Fsp3) is 0.0508. The van der Waals surface area contributed by atoms with E-state index in [1.165, 1.54) is 121 Å². The number of fused-ring (bicyclic) bond motifs is 11. The molecule has 276 valence electrons. The molecule has 0 radical (unpaired) electrons. The van der Waals surface area contributed by atoms with Gasteiger partial charge in [-0.15, -0.1) is 0 Å². The molecule has 59 heavy (non-hydrogen) atoms. The quantitative estimate of drug-likeness (QED) is 0.157. The second-order valence-electron chi connectivity index (χ2n) is 16.9.